The Bertz CT molecular complexity index is 2950. The van der Waals surface area contributed by atoms with Gasteiger partial charge >= 0.3 is 0 Å². The molecule has 1 saturated carbocycles. The molecule has 9 rings (SSSR count). The molecular weight excluding hydrogens is 961 g/mol. The zero-order chi connectivity index (χ0) is 52.4. The number of piperidine rings is 1. The molecule has 1 aromatic carbocycles. The third-order valence-electron chi connectivity index (χ3n) is 15.2. The Balaban J connectivity index is 0.731. The molecule has 0 radical (unpaired) electrons. The maximum atomic E-state index is 14.3. The number of carbonyl (C=O) groups excluding carboxylic acids is 5. The van der Waals surface area contributed by atoms with Crippen LogP contribution in [0.25, 0.3) is 21.5 Å². The molecular formula is C54H68N12O7S. The second-order valence-corrected chi connectivity index (χ2v) is 22.3. The lowest BCUT2D eigenvalue weighted by Crippen LogP contribution is -2.59. The van der Waals surface area contributed by atoms with E-state index in [1.165, 1.54) is 11.8 Å². The summed E-state index contributed by atoms with van der Waals surface area (Å²) >= 11 is 1.57. The first kappa shape index (κ1) is 52.2. The highest BCUT2D eigenvalue weighted by molar-refractivity contribution is 7.13. The van der Waals surface area contributed by atoms with Crippen molar-refractivity contribution in [3.63, 3.8) is 0 Å². The van der Waals surface area contributed by atoms with Crippen LogP contribution in [0.4, 0.5) is 17.5 Å². The van der Waals surface area contributed by atoms with Crippen LogP contribution in [0, 0.1) is 25.2 Å². The number of Topliss-reactive ketones (excluding diaryl/α,β-unsaturated/α-hetero) is 1. The van der Waals surface area contributed by atoms with Gasteiger partial charge in [-0.25, -0.2) is 15.0 Å². The number of piperazine rings is 1. The van der Waals surface area contributed by atoms with E-state index in [2.05, 4.69) is 40.7 Å². The van der Waals surface area contributed by atoms with Crippen molar-refractivity contribution in [2.75, 3.05) is 62.6 Å². The molecule has 4 amide bonds. The first-order valence-electron chi connectivity index (χ1n) is 25.9. The molecule has 4 aliphatic rings. The van der Waals surface area contributed by atoms with Gasteiger partial charge in [-0.1, -0.05) is 57.9 Å². The summed E-state index contributed by atoms with van der Waals surface area (Å²) in [5, 5.41) is 20.6. The molecule has 19 nitrogen and oxygen atoms in total. The van der Waals surface area contributed by atoms with Crippen LogP contribution in [0.15, 0.2) is 59.1 Å². The van der Waals surface area contributed by atoms with Crippen molar-refractivity contribution in [1.82, 2.24) is 49.8 Å². The Morgan fingerprint density at radius 3 is 2.22 bits per heavy atom. The van der Waals surface area contributed by atoms with Crippen molar-refractivity contribution < 1.29 is 29.1 Å². The van der Waals surface area contributed by atoms with E-state index in [9.17, 15) is 33.9 Å². The normalized spacial score (nSPS) is 19.5. The van der Waals surface area contributed by atoms with Crippen molar-refractivity contribution in [2.45, 2.75) is 117 Å². The van der Waals surface area contributed by atoms with E-state index in [1.807, 2.05) is 74.5 Å². The number of fused-ring (bicyclic) bond motifs is 1. The molecule has 3 aliphatic heterocycles. The van der Waals surface area contributed by atoms with E-state index in [0.29, 0.717) is 80.5 Å². The number of hydrogen-bond donors (Lipinski definition) is 4. The number of aliphatic hydroxyl groups excluding tert-OH is 1. The topological polar surface area (TPSA) is 228 Å². The summed E-state index contributed by atoms with van der Waals surface area (Å²) in [5.74, 6) is -0.729. The van der Waals surface area contributed by atoms with E-state index >= 15 is 0 Å². The summed E-state index contributed by atoms with van der Waals surface area (Å²) in [4.78, 5) is 108. The zero-order valence-corrected chi connectivity index (χ0v) is 44.0. The number of thiazole rings is 1. The number of carbonyl (C=O) groups is 5. The van der Waals surface area contributed by atoms with Gasteiger partial charge in [0, 0.05) is 69.2 Å². The summed E-state index contributed by atoms with van der Waals surface area (Å²) in [6, 6.07) is 9.89. The Morgan fingerprint density at radius 1 is 0.865 bits per heavy atom. The molecule has 392 valence electrons. The lowest BCUT2D eigenvalue weighted by atomic mass is 9.84. The van der Waals surface area contributed by atoms with Crippen LogP contribution in [0.2, 0.25) is 0 Å². The van der Waals surface area contributed by atoms with Gasteiger partial charge in [0.2, 0.25) is 29.6 Å². The number of aliphatic hydroxyl groups is 1. The number of anilines is 3. The summed E-state index contributed by atoms with van der Waals surface area (Å²) in [7, 11) is 0. The van der Waals surface area contributed by atoms with Crippen molar-refractivity contribution in [3.8, 4) is 10.4 Å². The Labute approximate surface area is 435 Å². The standard InChI is InChI=1S/C54H68N12O7S/c1-32-41-28-57-53(61-48(41)66(38-9-7-8-10-38)51(72)45(32)34(3)67)59-43-16-15-39(27-55-43)63-21-23-64(24-22-63)44(69)30-62-19-17-37(18-20-62)49(70)60-47(54(4,5)6)52(73)65-29-40(68)25-42(65)50(71)56-26-35-11-13-36(14-12-35)46-33(2)58-31-74-46/h11-16,27-28,31,37-38,40,42,47,68H,7-10,17-26,29-30H2,1-6H3,(H,56,71)(H,60,70)(H,55,57,59,61)/t40-,42+,47-/m1/s1. The van der Waals surface area contributed by atoms with Crippen LogP contribution in [0.5, 0.6) is 0 Å². The van der Waals surface area contributed by atoms with Crippen LogP contribution in [0.3, 0.4) is 0 Å². The Kier molecular flexibility index (Phi) is 15.6. The number of aromatic nitrogens is 5. The number of likely N-dealkylation sites (tertiary alicyclic amines) is 2. The number of aryl methyl sites for hydroxylation is 2. The summed E-state index contributed by atoms with van der Waals surface area (Å²) < 4.78 is 1.69. The van der Waals surface area contributed by atoms with Gasteiger partial charge in [-0.15, -0.1) is 11.3 Å². The molecule has 3 atom stereocenters. The smallest absolute Gasteiger partial charge is 0.263 e. The van der Waals surface area contributed by atoms with E-state index in [-0.39, 0.29) is 72.6 Å². The highest BCUT2D eigenvalue weighted by atomic mass is 32.1. The molecule has 4 fully saturated rings. The number of rotatable bonds is 14. The first-order valence-corrected chi connectivity index (χ1v) is 26.8. The van der Waals surface area contributed by atoms with E-state index in [4.69, 9.17) is 4.98 Å². The molecule has 0 spiro atoms. The van der Waals surface area contributed by atoms with Crippen LogP contribution < -0.4 is 26.4 Å². The molecule has 20 heteroatoms. The summed E-state index contributed by atoms with van der Waals surface area (Å²) in [6.07, 6.45) is 7.48. The summed E-state index contributed by atoms with van der Waals surface area (Å²) in [5.41, 5.74) is 5.95. The second kappa shape index (κ2) is 22.1. The molecule has 4 N–H and O–H groups in total. The quantitative estimate of drug-likeness (QED) is 0.106. The average Bonchev–Trinajstić information content (AvgIpc) is 4.17. The number of pyridine rings is 2. The molecule has 4 aromatic heterocycles. The van der Waals surface area contributed by atoms with Crippen LogP contribution in [-0.2, 0) is 25.7 Å². The lowest BCUT2D eigenvalue weighted by Gasteiger charge is -2.38. The number of hydrogen-bond acceptors (Lipinski definition) is 15. The van der Waals surface area contributed by atoms with Crippen LogP contribution in [0.1, 0.15) is 106 Å². The third-order valence-corrected chi connectivity index (χ3v) is 16.2. The predicted octanol–water partition coefficient (Wildman–Crippen LogP) is 5.16. The summed E-state index contributed by atoms with van der Waals surface area (Å²) in [6.45, 7) is 14.8. The fraction of sp³-hybridized carbons (Fsp3) is 0.519. The Morgan fingerprint density at radius 2 is 1.58 bits per heavy atom. The van der Waals surface area contributed by atoms with Crippen molar-refractivity contribution in [3.05, 3.63) is 87.0 Å². The largest absolute Gasteiger partial charge is 0.391 e. The number of benzene rings is 1. The minimum absolute atomic E-state index is 0.00470. The maximum Gasteiger partial charge on any atom is 0.263 e. The van der Waals surface area contributed by atoms with Gasteiger partial charge in [-0.3, -0.25) is 38.2 Å². The van der Waals surface area contributed by atoms with Gasteiger partial charge in [0.05, 0.1) is 46.2 Å². The van der Waals surface area contributed by atoms with Gasteiger partial charge in [0.15, 0.2) is 5.78 Å². The predicted molar refractivity (Wildman–Crippen MR) is 283 cm³/mol. The molecule has 3 saturated heterocycles. The van der Waals surface area contributed by atoms with Crippen molar-refractivity contribution in [1.29, 1.82) is 0 Å². The SMILES string of the molecule is CC(=O)c1c(C)c2cnc(Nc3ccc(N4CCN(C(=O)CN5CCC(C(=O)N[C@H](C(=O)N6C[C@H](O)C[C@H]6C(=O)NCc6ccc(-c7scnc7C)cc6)C(C)(C)C)CC5)CC4)cn3)nc2n(C2CCCC2)c1=O. The van der Waals surface area contributed by atoms with Crippen LogP contribution >= 0.6 is 11.3 Å². The number of nitrogens with zero attached hydrogens (tertiary/aromatic N) is 9. The molecule has 1 aliphatic carbocycles. The monoisotopic (exact) mass is 1030 g/mol. The number of nitrogens with one attached hydrogen (secondary N) is 3. The Hall–Kier alpha value is -6.64. The van der Waals surface area contributed by atoms with Gasteiger partial charge in [-0.2, -0.15) is 4.98 Å². The lowest BCUT2D eigenvalue weighted by molar-refractivity contribution is -0.144. The molecule has 7 heterocycles. The van der Waals surface area contributed by atoms with E-state index in [0.717, 1.165) is 53.1 Å². The molecule has 0 bridgehead atoms. The first-order chi connectivity index (χ1) is 35.4. The number of amides is 4. The minimum atomic E-state index is -0.926. The second-order valence-electron chi connectivity index (χ2n) is 21.4. The van der Waals surface area contributed by atoms with E-state index in [1.54, 1.807) is 35.2 Å². The fourth-order valence-corrected chi connectivity index (χ4v) is 11.8. The van der Waals surface area contributed by atoms with Crippen molar-refractivity contribution in [2.24, 2.45) is 11.3 Å². The minimum Gasteiger partial charge on any atom is -0.391 e. The van der Waals surface area contributed by atoms with Gasteiger partial charge < -0.3 is 35.8 Å². The van der Waals surface area contributed by atoms with Crippen LogP contribution in [-0.4, -0.2) is 144 Å². The van der Waals surface area contributed by atoms with Gasteiger partial charge in [-0.05, 0) is 93.8 Å². The van der Waals surface area contributed by atoms with Gasteiger partial charge in [0.25, 0.3) is 5.56 Å². The van der Waals surface area contributed by atoms with E-state index < -0.39 is 29.5 Å². The molecule has 0 unspecified atom stereocenters. The number of ketones is 1. The van der Waals surface area contributed by atoms with Crippen molar-refractivity contribution >= 4 is 69.2 Å². The van der Waals surface area contributed by atoms with Gasteiger partial charge in [0.1, 0.15) is 23.5 Å². The third kappa shape index (κ3) is 11.4. The molecule has 74 heavy (non-hydrogen) atoms. The highest BCUT2D eigenvalue weighted by Gasteiger charge is 2.45. The average molecular weight is 1030 g/mol. The maximum absolute atomic E-state index is 14.3. The highest BCUT2D eigenvalue weighted by Crippen LogP contribution is 2.33. The zero-order valence-electron chi connectivity index (χ0n) is 43.2. The molecule has 5 aromatic rings. The number of β-amino-alcohol motifs (C(OH)–C–C–N with tert-alkyl or cyclic N) is 1. The fourth-order valence-electron chi connectivity index (χ4n) is 11.0.